The molecule has 0 saturated heterocycles. The van der Waals surface area contributed by atoms with Gasteiger partial charge in [-0.05, 0) is 37.5 Å². The molecule has 1 N–H and O–H groups in total. The molecule has 0 heterocycles. The zero-order valence-electron chi connectivity index (χ0n) is 12.2. The highest BCUT2D eigenvalue weighted by Crippen LogP contribution is 2.39. The molecule has 1 rings (SSSR count). The number of rotatable bonds is 7. The van der Waals surface area contributed by atoms with Gasteiger partial charge in [0.05, 0.1) is 5.60 Å². The number of aliphatic hydroxyl groups is 1. The van der Waals surface area contributed by atoms with Crippen LogP contribution in [0.5, 0.6) is 0 Å². The topological polar surface area (TPSA) is 20.2 Å². The summed E-state index contributed by atoms with van der Waals surface area (Å²) >= 11 is 0. The van der Waals surface area contributed by atoms with Crippen LogP contribution in [0.2, 0.25) is 0 Å². The first-order chi connectivity index (χ1) is 8.08. The Kier molecular flexibility index (Phi) is 6.54. The van der Waals surface area contributed by atoms with Crippen molar-refractivity contribution in [1.82, 2.24) is 0 Å². The third kappa shape index (κ3) is 4.99. The molecule has 1 heteroatoms. The van der Waals surface area contributed by atoms with E-state index in [2.05, 4.69) is 20.8 Å². The highest BCUT2D eigenvalue weighted by molar-refractivity contribution is 4.89. The van der Waals surface area contributed by atoms with E-state index in [-0.39, 0.29) is 5.60 Å². The van der Waals surface area contributed by atoms with Crippen molar-refractivity contribution in [3.63, 3.8) is 0 Å². The molecule has 0 aromatic rings. The van der Waals surface area contributed by atoms with E-state index in [1.165, 1.54) is 51.4 Å². The largest absolute Gasteiger partial charge is 0.390 e. The van der Waals surface area contributed by atoms with Crippen LogP contribution in [0.1, 0.15) is 85.0 Å². The molecule has 0 aromatic heterocycles. The van der Waals surface area contributed by atoms with Gasteiger partial charge < -0.3 is 5.11 Å². The zero-order chi connectivity index (χ0) is 12.7. The molecule has 1 fully saturated rings. The summed E-state index contributed by atoms with van der Waals surface area (Å²) in [5.41, 5.74) is -0.336. The van der Waals surface area contributed by atoms with Gasteiger partial charge in [0, 0.05) is 0 Å². The van der Waals surface area contributed by atoms with Gasteiger partial charge in [0.15, 0.2) is 0 Å². The van der Waals surface area contributed by atoms with Crippen LogP contribution in [0.15, 0.2) is 0 Å². The van der Waals surface area contributed by atoms with Gasteiger partial charge in [-0.3, -0.25) is 0 Å². The Morgan fingerprint density at radius 2 is 1.71 bits per heavy atom. The van der Waals surface area contributed by atoms with Crippen molar-refractivity contribution in [3.8, 4) is 0 Å². The van der Waals surface area contributed by atoms with E-state index in [9.17, 15) is 5.11 Å². The second-order valence-corrected chi connectivity index (χ2v) is 6.40. The van der Waals surface area contributed by atoms with Crippen LogP contribution in [-0.4, -0.2) is 10.7 Å². The van der Waals surface area contributed by atoms with Gasteiger partial charge in [-0.1, -0.05) is 59.3 Å². The third-order valence-corrected chi connectivity index (χ3v) is 4.71. The van der Waals surface area contributed by atoms with E-state index >= 15 is 0 Å². The zero-order valence-corrected chi connectivity index (χ0v) is 12.2. The lowest BCUT2D eigenvalue weighted by atomic mass is 9.70. The molecule has 0 aliphatic heterocycles. The molecule has 1 saturated carbocycles. The molecule has 0 spiro atoms. The number of hydrogen-bond acceptors (Lipinski definition) is 1. The van der Waals surface area contributed by atoms with Gasteiger partial charge in [-0.15, -0.1) is 0 Å². The fraction of sp³-hybridized carbons (Fsp3) is 1.00. The summed E-state index contributed by atoms with van der Waals surface area (Å²) in [5, 5.41) is 10.7. The molecule has 102 valence electrons. The summed E-state index contributed by atoms with van der Waals surface area (Å²) in [7, 11) is 0. The monoisotopic (exact) mass is 240 g/mol. The lowest BCUT2D eigenvalue weighted by Crippen LogP contribution is -2.41. The smallest absolute Gasteiger partial charge is 0.0673 e. The number of unbranched alkanes of at least 4 members (excludes halogenated alkanes) is 5. The van der Waals surface area contributed by atoms with Crippen molar-refractivity contribution >= 4 is 0 Å². The Bertz CT molecular complexity index is 202. The van der Waals surface area contributed by atoms with E-state index in [1.54, 1.807) is 0 Å². The molecule has 1 aliphatic rings. The minimum atomic E-state index is -0.336. The van der Waals surface area contributed by atoms with Crippen LogP contribution < -0.4 is 0 Å². The maximum absolute atomic E-state index is 10.7. The molecular formula is C16H32O. The average molecular weight is 240 g/mol. The minimum Gasteiger partial charge on any atom is -0.390 e. The molecule has 1 aliphatic carbocycles. The molecule has 0 radical (unpaired) electrons. The Morgan fingerprint density at radius 3 is 2.35 bits per heavy atom. The molecule has 0 aromatic carbocycles. The molecule has 0 amide bonds. The van der Waals surface area contributed by atoms with Crippen LogP contribution in [0.4, 0.5) is 0 Å². The lowest BCUT2D eigenvalue weighted by Gasteiger charge is -2.41. The van der Waals surface area contributed by atoms with Crippen molar-refractivity contribution in [2.24, 2.45) is 11.8 Å². The Labute approximate surface area is 108 Å². The normalized spacial score (nSPS) is 33.9. The maximum Gasteiger partial charge on any atom is 0.0673 e. The quantitative estimate of drug-likeness (QED) is 0.626. The van der Waals surface area contributed by atoms with Crippen molar-refractivity contribution < 1.29 is 5.11 Å². The molecule has 1 nitrogen and oxygen atoms in total. The fourth-order valence-electron chi connectivity index (χ4n) is 3.27. The van der Waals surface area contributed by atoms with Crippen molar-refractivity contribution in [3.05, 3.63) is 0 Å². The summed E-state index contributed by atoms with van der Waals surface area (Å²) in [5.74, 6) is 1.32. The Balaban J connectivity index is 2.16. The van der Waals surface area contributed by atoms with Gasteiger partial charge >= 0.3 is 0 Å². The summed E-state index contributed by atoms with van der Waals surface area (Å²) in [6.07, 6.45) is 12.5. The first kappa shape index (κ1) is 15.0. The summed E-state index contributed by atoms with van der Waals surface area (Å²) in [4.78, 5) is 0. The van der Waals surface area contributed by atoms with E-state index < -0.39 is 0 Å². The highest BCUT2D eigenvalue weighted by Gasteiger charge is 2.37. The predicted octanol–water partition coefficient (Wildman–Crippen LogP) is 4.92. The first-order valence-corrected chi connectivity index (χ1v) is 7.81. The van der Waals surface area contributed by atoms with E-state index in [0.717, 1.165) is 18.8 Å². The van der Waals surface area contributed by atoms with Crippen LogP contribution in [-0.2, 0) is 0 Å². The second-order valence-electron chi connectivity index (χ2n) is 6.40. The summed E-state index contributed by atoms with van der Waals surface area (Å²) in [6.45, 7) is 6.82. The molecule has 3 atom stereocenters. The first-order valence-electron chi connectivity index (χ1n) is 7.81. The van der Waals surface area contributed by atoms with Crippen LogP contribution in [0.25, 0.3) is 0 Å². The lowest BCUT2D eigenvalue weighted by molar-refractivity contribution is -0.0607. The third-order valence-electron chi connectivity index (χ3n) is 4.71. The fourth-order valence-corrected chi connectivity index (χ4v) is 3.27. The number of hydrogen-bond donors (Lipinski definition) is 1. The molecular weight excluding hydrogens is 208 g/mol. The van der Waals surface area contributed by atoms with Crippen LogP contribution >= 0.6 is 0 Å². The van der Waals surface area contributed by atoms with Gasteiger partial charge in [0.2, 0.25) is 0 Å². The van der Waals surface area contributed by atoms with E-state index in [4.69, 9.17) is 0 Å². The van der Waals surface area contributed by atoms with Crippen LogP contribution in [0.3, 0.4) is 0 Å². The van der Waals surface area contributed by atoms with Gasteiger partial charge in [-0.2, -0.15) is 0 Å². The molecule has 0 bridgehead atoms. The maximum atomic E-state index is 10.7. The van der Waals surface area contributed by atoms with Crippen molar-refractivity contribution in [2.75, 3.05) is 0 Å². The average Bonchev–Trinajstić information content (AvgIpc) is 2.29. The summed E-state index contributed by atoms with van der Waals surface area (Å²) in [6, 6.07) is 0. The standard InChI is InChI=1S/C16H32O/c1-4-5-6-7-8-9-11-16(17)12-10-14(2)13-15(16)3/h14-15,17H,4-13H2,1-3H3. The van der Waals surface area contributed by atoms with Crippen molar-refractivity contribution in [1.29, 1.82) is 0 Å². The Morgan fingerprint density at radius 1 is 1.06 bits per heavy atom. The minimum absolute atomic E-state index is 0.336. The summed E-state index contributed by atoms with van der Waals surface area (Å²) < 4.78 is 0. The van der Waals surface area contributed by atoms with Crippen LogP contribution in [0, 0.1) is 11.8 Å². The van der Waals surface area contributed by atoms with Gasteiger partial charge in [-0.25, -0.2) is 0 Å². The predicted molar refractivity (Wildman–Crippen MR) is 75.1 cm³/mol. The second kappa shape index (κ2) is 7.41. The SMILES string of the molecule is CCCCCCCCC1(O)CCC(C)CC1C. The highest BCUT2D eigenvalue weighted by atomic mass is 16.3. The van der Waals surface area contributed by atoms with Gasteiger partial charge in [0.25, 0.3) is 0 Å². The van der Waals surface area contributed by atoms with Crippen molar-refractivity contribution in [2.45, 2.75) is 90.6 Å². The molecule has 17 heavy (non-hydrogen) atoms. The van der Waals surface area contributed by atoms with E-state index in [0.29, 0.717) is 5.92 Å². The van der Waals surface area contributed by atoms with E-state index in [1.807, 2.05) is 0 Å². The van der Waals surface area contributed by atoms with Gasteiger partial charge in [0.1, 0.15) is 0 Å². The Hall–Kier alpha value is -0.0400. The molecule has 3 unspecified atom stereocenters.